The maximum absolute atomic E-state index is 12.1. The van der Waals surface area contributed by atoms with Crippen LogP contribution in [-0.4, -0.2) is 42.3 Å². The van der Waals surface area contributed by atoms with Gasteiger partial charge in [0.05, 0.1) is 6.61 Å². The number of carbonyl (C=O) groups is 2. The Morgan fingerprint density at radius 1 is 1.12 bits per heavy atom. The van der Waals surface area contributed by atoms with Crippen LogP contribution in [0.3, 0.4) is 0 Å². The summed E-state index contributed by atoms with van der Waals surface area (Å²) in [4.78, 5) is 25.4. The number of hydrogen-bond acceptors (Lipinski definition) is 5. The number of ether oxygens (including phenoxy) is 3. The van der Waals surface area contributed by atoms with Crippen molar-refractivity contribution in [2.24, 2.45) is 5.92 Å². The van der Waals surface area contributed by atoms with Crippen molar-refractivity contribution in [1.29, 1.82) is 0 Å². The van der Waals surface area contributed by atoms with E-state index in [0.717, 1.165) is 12.8 Å². The van der Waals surface area contributed by atoms with Gasteiger partial charge in [-0.05, 0) is 51.7 Å². The van der Waals surface area contributed by atoms with Gasteiger partial charge in [-0.2, -0.15) is 0 Å². The van der Waals surface area contributed by atoms with Crippen LogP contribution in [0.15, 0.2) is 24.3 Å². The molecule has 26 heavy (non-hydrogen) atoms. The molecule has 0 aromatic heterocycles. The average Bonchev–Trinajstić information content (AvgIpc) is 2.60. The van der Waals surface area contributed by atoms with Gasteiger partial charge in [0, 0.05) is 19.5 Å². The van der Waals surface area contributed by atoms with Crippen LogP contribution in [0.2, 0.25) is 0 Å². The van der Waals surface area contributed by atoms with Crippen molar-refractivity contribution in [3.8, 4) is 11.5 Å². The molecular weight excluding hydrogens is 334 g/mol. The Balaban J connectivity index is 1.82. The Kier molecular flexibility index (Phi) is 6.89. The van der Waals surface area contributed by atoms with E-state index in [1.165, 1.54) is 0 Å². The lowest BCUT2D eigenvalue weighted by atomic mass is 9.98. The van der Waals surface area contributed by atoms with Gasteiger partial charge < -0.3 is 19.1 Å². The van der Waals surface area contributed by atoms with Crippen LogP contribution in [0.4, 0.5) is 4.79 Å². The van der Waals surface area contributed by atoms with Gasteiger partial charge in [0.25, 0.3) is 0 Å². The molecule has 2 rings (SSSR count). The normalized spacial score (nSPS) is 15.5. The lowest BCUT2D eigenvalue weighted by Gasteiger charge is -2.33. The summed E-state index contributed by atoms with van der Waals surface area (Å²) in [7, 11) is 0. The Bertz CT molecular complexity index is 615. The lowest BCUT2D eigenvalue weighted by molar-refractivity contribution is -0.134. The molecule has 1 aliphatic rings. The van der Waals surface area contributed by atoms with Crippen LogP contribution in [0.25, 0.3) is 0 Å². The smallest absolute Gasteiger partial charge is 0.410 e. The minimum Gasteiger partial charge on any atom is -0.489 e. The number of carbonyl (C=O) groups excluding carboxylic acids is 2. The second-order valence-corrected chi connectivity index (χ2v) is 7.50. The first-order valence-corrected chi connectivity index (χ1v) is 9.19. The molecule has 0 N–H and O–H groups in total. The quantitative estimate of drug-likeness (QED) is 0.584. The van der Waals surface area contributed by atoms with Crippen molar-refractivity contribution in [1.82, 2.24) is 4.90 Å². The fraction of sp³-hybridized carbons (Fsp3) is 0.600. The fourth-order valence-corrected chi connectivity index (χ4v) is 2.66. The molecule has 0 spiro atoms. The van der Waals surface area contributed by atoms with Crippen molar-refractivity contribution >= 4 is 12.1 Å². The molecule has 1 amide bonds. The van der Waals surface area contributed by atoms with E-state index in [1.807, 2.05) is 32.9 Å². The van der Waals surface area contributed by atoms with Crippen molar-refractivity contribution in [2.75, 3.05) is 19.7 Å². The minimum absolute atomic E-state index is 0.256. The van der Waals surface area contributed by atoms with Crippen molar-refractivity contribution in [3.05, 3.63) is 24.3 Å². The zero-order chi connectivity index (χ0) is 19.2. The van der Waals surface area contributed by atoms with E-state index in [-0.39, 0.29) is 12.1 Å². The third-order valence-electron chi connectivity index (χ3n) is 4.10. The third-order valence-corrected chi connectivity index (χ3v) is 4.10. The molecule has 1 fully saturated rings. The van der Waals surface area contributed by atoms with E-state index in [1.54, 1.807) is 24.0 Å². The summed E-state index contributed by atoms with van der Waals surface area (Å²) in [5.74, 6) is 1.09. The Morgan fingerprint density at radius 3 is 2.31 bits per heavy atom. The second kappa shape index (κ2) is 8.92. The monoisotopic (exact) mass is 363 g/mol. The van der Waals surface area contributed by atoms with Gasteiger partial charge in [-0.25, -0.2) is 4.79 Å². The van der Waals surface area contributed by atoms with Gasteiger partial charge in [0.1, 0.15) is 5.60 Å². The highest BCUT2D eigenvalue weighted by Gasteiger charge is 2.27. The van der Waals surface area contributed by atoms with Gasteiger partial charge in [0.15, 0.2) is 11.5 Å². The number of piperidine rings is 1. The summed E-state index contributed by atoms with van der Waals surface area (Å²) >= 11 is 0. The molecule has 0 radical (unpaired) electrons. The number of benzene rings is 1. The molecular formula is C20H29NO5. The molecule has 6 nitrogen and oxygen atoms in total. The first-order valence-electron chi connectivity index (χ1n) is 9.19. The SMILES string of the molecule is CCC(=O)Oc1ccccc1OCC1CCN(C(=O)OC(C)(C)C)CC1. The van der Waals surface area contributed by atoms with Crippen LogP contribution < -0.4 is 9.47 Å². The zero-order valence-electron chi connectivity index (χ0n) is 16.1. The van der Waals surface area contributed by atoms with Gasteiger partial charge >= 0.3 is 12.1 Å². The van der Waals surface area contributed by atoms with Crippen LogP contribution in [-0.2, 0) is 9.53 Å². The minimum atomic E-state index is -0.476. The molecule has 0 atom stereocenters. The van der Waals surface area contributed by atoms with E-state index in [9.17, 15) is 9.59 Å². The molecule has 0 aliphatic carbocycles. The summed E-state index contributed by atoms with van der Waals surface area (Å²) < 4.78 is 16.6. The average molecular weight is 363 g/mol. The summed E-state index contributed by atoms with van der Waals surface area (Å²) in [5.41, 5.74) is -0.476. The summed E-state index contributed by atoms with van der Waals surface area (Å²) in [6.45, 7) is 9.22. The third kappa shape index (κ3) is 6.24. The first-order chi connectivity index (χ1) is 12.3. The molecule has 1 aromatic carbocycles. The highest BCUT2D eigenvalue weighted by atomic mass is 16.6. The molecule has 1 aliphatic heterocycles. The second-order valence-electron chi connectivity index (χ2n) is 7.50. The lowest BCUT2D eigenvalue weighted by Crippen LogP contribution is -2.42. The molecule has 144 valence electrons. The van der Waals surface area contributed by atoms with Crippen LogP contribution in [0.5, 0.6) is 11.5 Å². The van der Waals surface area contributed by atoms with E-state index in [0.29, 0.717) is 43.5 Å². The predicted molar refractivity (Wildman–Crippen MR) is 98.4 cm³/mol. The summed E-state index contributed by atoms with van der Waals surface area (Å²) in [6.07, 6.45) is 1.78. The number of likely N-dealkylation sites (tertiary alicyclic amines) is 1. The van der Waals surface area contributed by atoms with Crippen molar-refractivity contribution in [3.63, 3.8) is 0 Å². The summed E-state index contributed by atoms with van der Waals surface area (Å²) in [5, 5.41) is 0. The highest BCUT2D eigenvalue weighted by Crippen LogP contribution is 2.28. The Labute approximate surface area is 155 Å². The molecule has 6 heteroatoms. The number of hydrogen-bond donors (Lipinski definition) is 0. The maximum atomic E-state index is 12.1. The number of nitrogens with zero attached hydrogens (tertiary/aromatic N) is 1. The molecule has 1 heterocycles. The van der Waals surface area contributed by atoms with Crippen LogP contribution in [0.1, 0.15) is 47.0 Å². The predicted octanol–water partition coefficient (Wildman–Crippen LogP) is 4.03. The molecule has 0 saturated carbocycles. The topological polar surface area (TPSA) is 65.1 Å². The molecule has 0 bridgehead atoms. The fourth-order valence-electron chi connectivity index (χ4n) is 2.66. The van der Waals surface area contributed by atoms with E-state index >= 15 is 0 Å². The highest BCUT2D eigenvalue weighted by molar-refractivity contribution is 5.72. The maximum Gasteiger partial charge on any atom is 0.410 e. The molecule has 1 aromatic rings. The van der Waals surface area contributed by atoms with E-state index in [4.69, 9.17) is 14.2 Å². The number of esters is 1. The van der Waals surface area contributed by atoms with Gasteiger partial charge in [-0.1, -0.05) is 19.1 Å². The standard InChI is InChI=1S/C20H29NO5/c1-5-18(22)25-17-9-7-6-8-16(17)24-14-15-10-12-21(13-11-15)19(23)26-20(2,3)4/h6-9,15H,5,10-14H2,1-4H3. The van der Waals surface area contributed by atoms with E-state index in [2.05, 4.69) is 0 Å². The van der Waals surface area contributed by atoms with Crippen LogP contribution in [0, 0.1) is 5.92 Å². The molecule has 1 saturated heterocycles. The van der Waals surface area contributed by atoms with Crippen molar-refractivity contribution < 1.29 is 23.8 Å². The number of rotatable bonds is 5. The zero-order valence-corrected chi connectivity index (χ0v) is 16.1. The number of para-hydroxylation sites is 2. The van der Waals surface area contributed by atoms with Gasteiger partial charge in [-0.3, -0.25) is 4.79 Å². The van der Waals surface area contributed by atoms with Crippen LogP contribution >= 0.6 is 0 Å². The van der Waals surface area contributed by atoms with E-state index < -0.39 is 5.60 Å². The number of amides is 1. The molecule has 0 unspecified atom stereocenters. The van der Waals surface area contributed by atoms with Gasteiger partial charge in [-0.15, -0.1) is 0 Å². The Morgan fingerprint density at radius 2 is 1.73 bits per heavy atom. The van der Waals surface area contributed by atoms with Crippen molar-refractivity contribution in [2.45, 2.75) is 52.6 Å². The Hall–Kier alpha value is -2.24. The largest absolute Gasteiger partial charge is 0.489 e. The first kappa shape index (κ1) is 20.1. The summed E-state index contributed by atoms with van der Waals surface area (Å²) in [6, 6.07) is 7.19. The van der Waals surface area contributed by atoms with Gasteiger partial charge in [0.2, 0.25) is 0 Å².